The van der Waals surface area contributed by atoms with Crippen molar-refractivity contribution < 1.29 is 5.11 Å². The highest BCUT2D eigenvalue weighted by Crippen LogP contribution is 2.30. The highest BCUT2D eigenvalue weighted by atomic mass is 16.3. The zero-order valence-electron chi connectivity index (χ0n) is 10.4. The van der Waals surface area contributed by atoms with Crippen molar-refractivity contribution >= 4 is 16.6 Å². The minimum atomic E-state index is -0.531. The summed E-state index contributed by atoms with van der Waals surface area (Å²) in [6, 6.07) is 10.1. The van der Waals surface area contributed by atoms with Crippen molar-refractivity contribution in [3.63, 3.8) is 0 Å². The topological polar surface area (TPSA) is 45.1 Å². The molecule has 3 rings (SSSR count). The van der Waals surface area contributed by atoms with Gasteiger partial charge in [-0.1, -0.05) is 31.0 Å². The molecule has 1 aromatic heterocycles. The number of aromatic nitrogens is 1. The van der Waals surface area contributed by atoms with Gasteiger partial charge in [0.1, 0.15) is 0 Å². The standard InChI is InChI=1S/C15H18N2O/c18-15(8-1-2-9-15)11-17-13-7-3-5-12-6-4-10-16-14(12)13/h3-7,10,17-18H,1-2,8-9,11H2. The number of nitrogens with one attached hydrogen (secondary N) is 1. The summed E-state index contributed by atoms with van der Waals surface area (Å²) in [7, 11) is 0. The maximum absolute atomic E-state index is 10.3. The van der Waals surface area contributed by atoms with Gasteiger partial charge >= 0.3 is 0 Å². The summed E-state index contributed by atoms with van der Waals surface area (Å²) < 4.78 is 0. The molecule has 0 atom stereocenters. The van der Waals surface area contributed by atoms with E-state index in [0.29, 0.717) is 6.54 Å². The molecule has 0 amide bonds. The Labute approximate surface area is 107 Å². The second-order valence-electron chi connectivity index (χ2n) is 5.17. The highest BCUT2D eigenvalue weighted by molar-refractivity contribution is 5.90. The molecule has 1 aliphatic rings. The number of pyridine rings is 1. The second-order valence-corrected chi connectivity index (χ2v) is 5.17. The molecule has 0 saturated heterocycles. The average Bonchev–Trinajstić information content (AvgIpc) is 2.84. The highest BCUT2D eigenvalue weighted by Gasteiger charge is 2.30. The quantitative estimate of drug-likeness (QED) is 0.869. The molecule has 0 aliphatic heterocycles. The molecule has 0 spiro atoms. The molecule has 1 fully saturated rings. The SMILES string of the molecule is OC1(CNc2cccc3cccnc23)CCCC1. The summed E-state index contributed by atoms with van der Waals surface area (Å²) in [5.74, 6) is 0. The van der Waals surface area contributed by atoms with Crippen LogP contribution in [0, 0.1) is 0 Å². The molecular formula is C15H18N2O. The second kappa shape index (κ2) is 4.58. The van der Waals surface area contributed by atoms with Gasteiger partial charge in [0.15, 0.2) is 0 Å². The third-order valence-corrected chi connectivity index (χ3v) is 3.77. The third-order valence-electron chi connectivity index (χ3n) is 3.77. The van der Waals surface area contributed by atoms with E-state index in [2.05, 4.69) is 22.4 Å². The number of nitrogens with zero attached hydrogens (tertiary/aromatic N) is 1. The predicted octanol–water partition coefficient (Wildman–Crippen LogP) is 2.95. The molecule has 0 bridgehead atoms. The van der Waals surface area contributed by atoms with Crippen LogP contribution in [0.25, 0.3) is 10.9 Å². The summed E-state index contributed by atoms with van der Waals surface area (Å²) in [4.78, 5) is 4.40. The van der Waals surface area contributed by atoms with Crippen LogP contribution in [0.2, 0.25) is 0 Å². The van der Waals surface area contributed by atoms with Gasteiger partial charge in [-0.25, -0.2) is 0 Å². The zero-order valence-corrected chi connectivity index (χ0v) is 10.4. The van der Waals surface area contributed by atoms with E-state index in [1.54, 1.807) is 6.20 Å². The molecular weight excluding hydrogens is 224 g/mol. The molecule has 3 nitrogen and oxygen atoms in total. The molecule has 1 aliphatic carbocycles. The van der Waals surface area contributed by atoms with E-state index < -0.39 is 5.60 Å². The molecule has 1 aromatic carbocycles. The van der Waals surface area contributed by atoms with Crippen LogP contribution in [0.15, 0.2) is 36.5 Å². The zero-order chi connectivity index (χ0) is 12.4. The summed E-state index contributed by atoms with van der Waals surface area (Å²) in [6.07, 6.45) is 5.87. The monoisotopic (exact) mass is 242 g/mol. The molecule has 0 unspecified atom stereocenters. The van der Waals surface area contributed by atoms with E-state index in [9.17, 15) is 5.11 Å². The minimum absolute atomic E-state index is 0.531. The fourth-order valence-corrected chi connectivity index (χ4v) is 2.72. The summed E-state index contributed by atoms with van der Waals surface area (Å²) >= 11 is 0. The van der Waals surface area contributed by atoms with Gasteiger partial charge in [-0.2, -0.15) is 0 Å². The van der Waals surface area contributed by atoms with Crippen molar-refractivity contribution in [2.24, 2.45) is 0 Å². The molecule has 94 valence electrons. The summed E-state index contributed by atoms with van der Waals surface area (Å²) in [5, 5.41) is 14.8. The average molecular weight is 242 g/mol. The molecule has 1 saturated carbocycles. The summed E-state index contributed by atoms with van der Waals surface area (Å²) in [6.45, 7) is 0.614. The predicted molar refractivity (Wildman–Crippen MR) is 73.7 cm³/mol. The Bertz CT molecular complexity index is 542. The van der Waals surface area contributed by atoms with Crippen molar-refractivity contribution in [1.82, 2.24) is 4.98 Å². The Morgan fingerprint density at radius 3 is 2.78 bits per heavy atom. The number of fused-ring (bicyclic) bond motifs is 1. The van der Waals surface area contributed by atoms with Crippen LogP contribution >= 0.6 is 0 Å². The van der Waals surface area contributed by atoms with Gasteiger partial charge in [0.2, 0.25) is 0 Å². The number of hydrogen-bond donors (Lipinski definition) is 2. The van der Waals surface area contributed by atoms with E-state index >= 15 is 0 Å². The number of aliphatic hydroxyl groups is 1. The van der Waals surface area contributed by atoms with Gasteiger partial charge in [-0.15, -0.1) is 0 Å². The lowest BCUT2D eigenvalue weighted by molar-refractivity contribution is 0.0615. The lowest BCUT2D eigenvalue weighted by Crippen LogP contribution is -2.33. The van der Waals surface area contributed by atoms with E-state index in [0.717, 1.165) is 42.3 Å². The van der Waals surface area contributed by atoms with Crippen molar-refractivity contribution in [3.05, 3.63) is 36.5 Å². The Hall–Kier alpha value is -1.61. The van der Waals surface area contributed by atoms with Crippen molar-refractivity contribution in [3.8, 4) is 0 Å². The Morgan fingerprint density at radius 2 is 1.94 bits per heavy atom. The van der Waals surface area contributed by atoms with E-state index in [4.69, 9.17) is 0 Å². The number of hydrogen-bond acceptors (Lipinski definition) is 3. The Balaban J connectivity index is 1.82. The molecule has 2 aromatic rings. The van der Waals surface area contributed by atoms with Gasteiger partial charge in [0.05, 0.1) is 16.8 Å². The lowest BCUT2D eigenvalue weighted by atomic mass is 10.0. The fraction of sp³-hybridized carbons (Fsp3) is 0.400. The fourth-order valence-electron chi connectivity index (χ4n) is 2.72. The largest absolute Gasteiger partial charge is 0.388 e. The van der Waals surface area contributed by atoms with E-state index in [1.807, 2.05) is 18.2 Å². The molecule has 0 radical (unpaired) electrons. The van der Waals surface area contributed by atoms with Gasteiger partial charge in [-0.3, -0.25) is 4.98 Å². The first-order chi connectivity index (χ1) is 8.77. The minimum Gasteiger partial charge on any atom is -0.388 e. The van der Waals surface area contributed by atoms with Gasteiger partial charge in [-0.05, 0) is 25.0 Å². The van der Waals surface area contributed by atoms with Crippen LogP contribution in [0.5, 0.6) is 0 Å². The van der Waals surface area contributed by atoms with E-state index in [-0.39, 0.29) is 0 Å². The Kier molecular flexibility index (Phi) is 2.92. The van der Waals surface area contributed by atoms with E-state index in [1.165, 1.54) is 0 Å². The molecule has 1 heterocycles. The van der Waals surface area contributed by atoms with Crippen molar-refractivity contribution in [2.75, 3.05) is 11.9 Å². The maximum atomic E-state index is 10.3. The van der Waals surface area contributed by atoms with Crippen LogP contribution in [-0.2, 0) is 0 Å². The van der Waals surface area contributed by atoms with Crippen LogP contribution in [-0.4, -0.2) is 22.2 Å². The normalized spacial score (nSPS) is 18.1. The third kappa shape index (κ3) is 2.18. The van der Waals surface area contributed by atoms with Gasteiger partial charge in [0.25, 0.3) is 0 Å². The molecule has 3 heteroatoms. The van der Waals surface area contributed by atoms with Crippen LogP contribution in [0.1, 0.15) is 25.7 Å². The van der Waals surface area contributed by atoms with Crippen molar-refractivity contribution in [1.29, 1.82) is 0 Å². The number of para-hydroxylation sites is 1. The first kappa shape index (κ1) is 11.5. The number of benzene rings is 1. The molecule has 18 heavy (non-hydrogen) atoms. The van der Waals surface area contributed by atoms with Gasteiger partial charge < -0.3 is 10.4 Å². The smallest absolute Gasteiger partial charge is 0.0933 e. The van der Waals surface area contributed by atoms with Crippen LogP contribution < -0.4 is 5.32 Å². The van der Waals surface area contributed by atoms with Crippen molar-refractivity contribution in [2.45, 2.75) is 31.3 Å². The maximum Gasteiger partial charge on any atom is 0.0933 e. The molecule has 2 N–H and O–H groups in total. The van der Waals surface area contributed by atoms with Crippen LogP contribution in [0.3, 0.4) is 0 Å². The van der Waals surface area contributed by atoms with Crippen LogP contribution in [0.4, 0.5) is 5.69 Å². The lowest BCUT2D eigenvalue weighted by Gasteiger charge is -2.23. The first-order valence-electron chi connectivity index (χ1n) is 6.57. The van der Waals surface area contributed by atoms with Gasteiger partial charge in [0, 0.05) is 18.1 Å². The first-order valence-corrected chi connectivity index (χ1v) is 6.57. The number of rotatable bonds is 3. The Morgan fingerprint density at radius 1 is 1.17 bits per heavy atom. The summed E-state index contributed by atoms with van der Waals surface area (Å²) in [5.41, 5.74) is 1.45. The number of anilines is 1.